The largest absolute Gasteiger partial charge is 0.545 e. The van der Waals surface area contributed by atoms with E-state index in [1.807, 2.05) is 6.07 Å². The molecule has 0 saturated heterocycles. The van der Waals surface area contributed by atoms with Crippen LogP contribution < -0.4 is 14.7 Å². The van der Waals surface area contributed by atoms with E-state index < -0.39 is 24.6 Å². The van der Waals surface area contributed by atoms with Gasteiger partial charge in [0.05, 0.1) is 18.2 Å². The Hall–Kier alpha value is -3.88. The summed E-state index contributed by atoms with van der Waals surface area (Å²) in [6.45, 7) is -0.478. The molecule has 0 spiro atoms. The van der Waals surface area contributed by atoms with Crippen LogP contribution in [0.15, 0.2) is 66.9 Å². The lowest BCUT2D eigenvalue weighted by molar-refractivity contribution is -0.255. The summed E-state index contributed by atoms with van der Waals surface area (Å²) in [6.07, 6.45) is 2.08. The fourth-order valence-electron chi connectivity index (χ4n) is 4.50. The molecule has 6 nitrogen and oxygen atoms in total. The molecular weight excluding hydrogens is 485 g/mol. The van der Waals surface area contributed by atoms with Crippen molar-refractivity contribution in [3.05, 3.63) is 89.2 Å². The van der Waals surface area contributed by atoms with Crippen molar-refractivity contribution in [1.82, 2.24) is 4.98 Å². The smallest absolute Gasteiger partial charge is 0.471 e. The molecule has 3 aromatic rings. The summed E-state index contributed by atoms with van der Waals surface area (Å²) in [5.74, 6) is -3.48. The lowest BCUT2D eigenvalue weighted by atomic mass is 9.85. The highest BCUT2D eigenvalue weighted by molar-refractivity contribution is 5.98. The molecule has 1 aliphatic rings. The number of hydrogen-bond acceptors (Lipinski definition) is 5. The lowest BCUT2D eigenvalue weighted by Crippen LogP contribution is -2.41. The normalized spacial score (nSPS) is 14.2. The number of carbonyl (C=O) groups is 2. The zero-order chi connectivity index (χ0) is 26.4. The van der Waals surface area contributed by atoms with Crippen molar-refractivity contribution < 1.29 is 32.6 Å². The van der Waals surface area contributed by atoms with Gasteiger partial charge in [-0.05, 0) is 48.1 Å². The second-order valence-corrected chi connectivity index (χ2v) is 9.05. The first kappa shape index (κ1) is 26.2. The molecule has 194 valence electrons. The van der Waals surface area contributed by atoms with E-state index in [0.29, 0.717) is 10.8 Å². The number of pyridine rings is 1. The van der Waals surface area contributed by atoms with Crippen LogP contribution in [0.25, 0.3) is 0 Å². The van der Waals surface area contributed by atoms with E-state index in [1.165, 1.54) is 6.42 Å². The Morgan fingerprint density at radius 1 is 1.00 bits per heavy atom. The standard InChI is InChI=1S/C28H27F3N2O4/c29-28(30,31)27(36)33(17-22-12-11-21(16-32-22)20-9-5-2-6-10-20)23-13-14-24(26(34)35)25(15-23)37-18-19-7-3-1-4-8-19/h1,3-4,7-8,11-16,20H,2,5-6,9-10,17-18H2,(H,34,35)/p-1. The molecule has 1 fully saturated rings. The molecule has 1 heterocycles. The minimum Gasteiger partial charge on any atom is -0.545 e. The van der Waals surface area contributed by atoms with Crippen LogP contribution in [0.1, 0.15) is 65.2 Å². The summed E-state index contributed by atoms with van der Waals surface area (Å²) in [5, 5.41) is 11.6. The molecule has 0 bridgehead atoms. The Morgan fingerprint density at radius 3 is 2.35 bits per heavy atom. The summed E-state index contributed by atoms with van der Waals surface area (Å²) >= 11 is 0. The zero-order valence-corrected chi connectivity index (χ0v) is 20.0. The van der Waals surface area contributed by atoms with Gasteiger partial charge in [0.2, 0.25) is 0 Å². The topological polar surface area (TPSA) is 82.6 Å². The van der Waals surface area contributed by atoms with Gasteiger partial charge in [0, 0.05) is 23.5 Å². The molecule has 1 amide bonds. The van der Waals surface area contributed by atoms with Crippen molar-refractivity contribution in [1.29, 1.82) is 0 Å². The highest BCUT2D eigenvalue weighted by atomic mass is 19.4. The third kappa shape index (κ3) is 6.67. The summed E-state index contributed by atoms with van der Waals surface area (Å²) in [7, 11) is 0. The van der Waals surface area contributed by atoms with Crippen molar-refractivity contribution in [3.63, 3.8) is 0 Å². The van der Waals surface area contributed by atoms with E-state index in [4.69, 9.17) is 4.74 Å². The Bertz CT molecular complexity index is 1220. The second kappa shape index (κ2) is 11.5. The minimum absolute atomic E-state index is 0.0258. The van der Waals surface area contributed by atoms with Gasteiger partial charge in [0.25, 0.3) is 0 Å². The summed E-state index contributed by atoms with van der Waals surface area (Å²) in [5.41, 5.74) is 1.52. The van der Waals surface area contributed by atoms with Gasteiger partial charge in [-0.3, -0.25) is 14.7 Å². The van der Waals surface area contributed by atoms with Gasteiger partial charge in [-0.15, -0.1) is 0 Å². The average Bonchev–Trinajstić information content (AvgIpc) is 2.91. The quantitative estimate of drug-likeness (QED) is 0.417. The highest BCUT2D eigenvalue weighted by Crippen LogP contribution is 2.33. The van der Waals surface area contributed by atoms with Gasteiger partial charge in [-0.2, -0.15) is 13.2 Å². The van der Waals surface area contributed by atoms with E-state index in [0.717, 1.165) is 55.0 Å². The number of benzene rings is 2. The first-order chi connectivity index (χ1) is 17.7. The number of aromatic nitrogens is 1. The number of aromatic carboxylic acids is 1. The van der Waals surface area contributed by atoms with Crippen molar-refractivity contribution >= 4 is 17.6 Å². The molecule has 0 unspecified atom stereocenters. The third-order valence-corrected chi connectivity index (χ3v) is 6.47. The van der Waals surface area contributed by atoms with Crippen LogP contribution in [0.2, 0.25) is 0 Å². The number of nitrogens with zero attached hydrogens (tertiary/aromatic N) is 2. The maximum Gasteiger partial charge on any atom is 0.471 e. The molecule has 0 radical (unpaired) electrons. The Balaban J connectivity index is 1.62. The number of hydrogen-bond donors (Lipinski definition) is 0. The van der Waals surface area contributed by atoms with Gasteiger partial charge in [0.15, 0.2) is 0 Å². The Labute approximate surface area is 212 Å². The third-order valence-electron chi connectivity index (χ3n) is 6.47. The summed E-state index contributed by atoms with van der Waals surface area (Å²) in [4.78, 5) is 28.9. The second-order valence-electron chi connectivity index (χ2n) is 9.05. The number of carbonyl (C=O) groups excluding carboxylic acids is 2. The number of amides is 1. The first-order valence-electron chi connectivity index (χ1n) is 12.1. The number of rotatable bonds is 8. The molecule has 1 aliphatic carbocycles. The van der Waals surface area contributed by atoms with Crippen molar-refractivity contribution in [3.8, 4) is 5.75 Å². The van der Waals surface area contributed by atoms with Crippen molar-refractivity contribution in [2.45, 2.75) is 57.3 Å². The van der Waals surface area contributed by atoms with E-state index in [9.17, 15) is 27.9 Å². The maximum absolute atomic E-state index is 13.5. The minimum atomic E-state index is -5.15. The van der Waals surface area contributed by atoms with Crippen LogP contribution in [0, 0.1) is 0 Å². The summed E-state index contributed by atoms with van der Waals surface area (Å²) in [6, 6.07) is 15.6. The van der Waals surface area contributed by atoms with E-state index >= 15 is 0 Å². The average molecular weight is 512 g/mol. The van der Waals surface area contributed by atoms with E-state index in [2.05, 4.69) is 4.98 Å². The fourth-order valence-corrected chi connectivity index (χ4v) is 4.50. The van der Waals surface area contributed by atoms with E-state index in [1.54, 1.807) is 42.6 Å². The Morgan fingerprint density at radius 2 is 1.73 bits per heavy atom. The van der Waals surface area contributed by atoms with E-state index in [-0.39, 0.29) is 29.3 Å². The van der Waals surface area contributed by atoms with Crippen molar-refractivity contribution in [2.24, 2.45) is 0 Å². The van der Waals surface area contributed by atoms with Crippen molar-refractivity contribution in [2.75, 3.05) is 4.90 Å². The number of alkyl halides is 3. The fraction of sp³-hybridized carbons (Fsp3) is 0.321. The van der Waals surface area contributed by atoms with Crippen LogP contribution >= 0.6 is 0 Å². The molecule has 4 rings (SSSR count). The SMILES string of the molecule is O=C([O-])c1ccc(N(Cc2ccc(C3CCCCC3)cn2)C(=O)C(F)(F)F)cc1OCc1ccccc1. The molecule has 37 heavy (non-hydrogen) atoms. The number of ether oxygens (including phenoxy) is 1. The number of halogens is 3. The number of carboxylic acid groups (broad SMARTS) is 1. The molecule has 1 aromatic heterocycles. The van der Waals surface area contributed by atoms with Crippen LogP contribution in [0.5, 0.6) is 5.75 Å². The van der Waals surface area contributed by atoms with Gasteiger partial charge in [-0.25, -0.2) is 0 Å². The first-order valence-corrected chi connectivity index (χ1v) is 12.1. The molecule has 0 atom stereocenters. The predicted molar refractivity (Wildman–Crippen MR) is 129 cm³/mol. The highest BCUT2D eigenvalue weighted by Gasteiger charge is 2.43. The maximum atomic E-state index is 13.5. The Kier molecular flexibility index (Phi) is 8.11. The van der Waals surface area contributed by atoms with Gasteiger partial charge < -0.3 is 14.6 Å². The molecule has 0 aliphatic heterocycles. The molecule has 0 N–H and O–H groups in total. The number of anilines is 1. The van der Waals surface area contributed by atoms with Crippen LogP contribution in [-0.4, -0.2) is 23.0 Å². The summed E-state index contributed by atoms with van der Waals surface area (Å²) < 4.78 is 46.2. The molecule has 1 saturated carbocycles. The van der Waals surface area contributed by atoms with Gasteiger partial charge in [-0.1, -0.05) is 55.7 Å². The molecule has 9 heteroatoms. The van der Waals surface area contributed by atoms with Crippen LogP contribution in [-0.2, 0) is 17.9 Å². The lowest BCUT2D eigenvalue weighted by Gasteiger charge is -2.25. The predicted octanol–water partition coefficient (Wildman–Crippen LogP) is 5.17. The van der Waals surface area contributed by atoms with Gasteiger partial charge >= 0.3 is 12.1 Å². The van der Waals surface area contributed by atoms with Crippen LogP contribution in [0.3, 0.4) is 0 Å². The van der Waals surface area contributed by atoms with Gasteiger partial charge in [0.1, 0.15) is 12.4 Å². The zero-order valence-electron chi connectivity index (χ0n) is 20.0. The molecular formula is C28H26F3N2O4-. The number of carboxylic acids is 1. The van der Waals surface area contributed by atoms with Crippen LogP contribution in [0.4, 0.5) is 18.9 Å². The monoisotopic (exact) mass is 511 g/mol. The molecule has 2 aromatic carbocycles.